The Morgan fingerprint density at radius 3 is 2.85 bits per heavy atom. The number of methoxy groups -OCH3 is 1. The van der Waals surface area contributed by atoms with Crippen LogP contribution in [0.25, 0.3) is 27.5 Å². The molecule has 1 aromatic carbocycles. The van der Waals surface area contributed by atoms with Crippen LogP contribution in [-0.2, 0) is 22.4 Å². The number of hydrogen-bond acceptors (Lipinski definition) is 7. The summed E-state index contributed by atoms with van der Waals surface area (Å²) in [6, 6.07) is 9.91. The Balaban J connectivity index is 1.44. The van der Waals surface area contributed by atoms with Gasteiger partial charge in [0.1, 0.15) is 5.84 Å². The van der Waals surface area contributed by atoms with Crippen LogP contribution in [0, 0.1) is 6.92 Å². The minimum absolute atomic E-state index is 0.144. The summed E-state index contributed by atoms with van der Waals surface area (Å²) in [6.07, 6.45) is 5.43. The lowest BCUT2D eigenvalue weighted by atomic mass is 9.95. The average Bonchev–Trinajstić information content (AvgIpc) is 3.64. The molecule has 1 aliphatic heterocycles. The van der Waals surface area contributed by atoms with Crippen molar-refractivity contribution in [1.29, 1.82) is 0 Å². The van der Waals surface area contributed by atoms with Crippen LogP contribution >= 0.6 is 22.9 Å². The maximum Gasteiger partial charge on any atom is 0.223 e. The summed E-state index contributed by atoms with van der Waals surface area (Å²) in [4.78, 5) is 29.1. The van der Waals surface area contributed by atoms with Crippen molar-refractivity contribution >= 4 is 45.5 Å². The molecule has 1 saturated heterocycles. The molecule has 0 radical (unpaired) electrons. The zero-order valence-corrected chi connectivity index (χ0v) is 24.3. The quantitative estimate of drug-likeness (QED) is 0.297. The number of aryl methyl sites for hydroxylation is 2. The van der Waals surface area contributed by atoms with Crippen LogP contribution in [0.4, 0.5) is 10.8 Å². The Kier molecular flexibility index (Phi) is 7.39. The van der Waals surface area contributed by atoms with Gasteiger partial charge in [-0.15, -0.1) is 0 Å². The van der Waals surface area contributed by atoms with E-state index in [1.807, 2.05) is 42.1 Å². The Labute approximate surface area is 241 Å². The van der Waals surface area contributed by atoms with Crippen molar-refractivity contribution < 1.29 is 9.53 Å². The molecular formula is C29H30ClN7O2S. The van der Waals surface area contributed by atoms with Crippen LogP contribution in [-0.4, -0.2) is 63.2 Å². The number of anilines is 1. The number of carbonyl (C=O) groups excluding carboxylic acids is 1. The molecule has 11 heteroatoms. The number of benzene rings is 1. The van der Waals surface area contributed by atoms with Crippen molar-refractivity contribution in [2.45, 2.75) is 39.5 Å². The summed E-state index contributed by atoms with van der Waals surface area (Å²) < 4.78 is 7.18. The highest BCUT2D eigenvalue weighted by atomic mass is 35.5. The first-order chi connectivity index (χ1) is 19.4. The number of halogens is 1. The predicted octanol–water partition coefficient (Wildman–Crippen LogP) is 5.85. The number of fused-ring (bicyclic) bond motifs is 3. The van der Waals surface area contributed by atoms with Gasteiger partial charge < -0.3 is 15.0 Å². The molecule has 206 valence electrons. The van der Waals surface area contributed by atoms with Crippen molar-refractivity contribution in [1.82, 2.24) is 24.6 Å². The van der Waals surface area contributed by atoms with Crippen molar-refractivity contribution in [3.05, 3.63) is 58.5 Å². The summed E-state index contributed by atoms with van der Waals surface area (Å²) in [7, 11) is 1.72. The van der Waals surface area contributed by atoms with Gasteiger partial charge in [0.25, 0.3) is 0 Å². The van der Waals surface area contributed by atoms with Gasteiger partial charge in [-0.3, -0.25) is 9.78 Å². The molecule has 0 unspecified atom stereocenters. The van der Waals surface area contributed by atoms with Crippen LogP contribution in [0.2, 0.25) is 5.02 Å². The molecule has 0 saturated carbocycles. The molecular weight excluding hydrogens is 546 g/mol. The Bertz CT molecular complexity index is 1610. The van der Waals surface area contributed by atoms with E-state index < -0.39 is 0 Å². The minimum atomic E-state index is -0.144. The number of nitrogens with one attached hydrogen (secondary N) is 1. The third kappa shape index (κ3) is 5.14. The number of nitrogens with zero attached hydrogens (tertiary/aromatic N) is 6. The number of rotatable bonds is 7. The summed E-state index contributed by atoms with van der Waals surface area (Å²) in [5.74, 6) is 0.917. The number of thiazole rings is 1. The zero-order chi connectivity index (χ0) is 27.8. The van der Waals surface area contributed by atoms with Crippen molar-refractivity contribution in [2.24, 2.45) is 4.99 Å². The first-order valence-electron chi connectivity index (χ1n) is 13.3. The number of likely N-dealkylation sites (tertiary alicyclic amines) is 1. The number of ether oxygens (including phenoxy) is 1. The number of pyridine rings is 1. The van der Waals surface area contributed by atoms with E-state index in [1.165, 1.54) is 18.3 Å². The lowest BCUT2D eigenvalue weighted by Crippen LogP contribution is -2.28. The van der Waals surface area contributed by atoms with E-state index in [2.05, 4.69) is 21.3 Å². The SMILES string of the molecule is COCCN1CCCC1=Nc1ccc(-n2nc(-c3ccc(C)nc3)c3c2-c2sc(NC(C)=O)nc2CC3)c(Cl)c1. The second-order valence-corrected chi connectivity index (χ2v) is 11.4. The summed E-state index contributed by atoms with van der Waals surface area (Å²) >= 11 is 8.41. The third-order valence-electron chi connectivity index (χ3n) is 7.15. The van der Waals surface area contributed by atoms with Crippen molar-refractivity contribution in [3.8, 4) is 27.5 Å². The van der Waals surface area contributed by atoms with E-state index in [4.69, 9.17) is 31.4 Å². The van der Waals surface area contributed by atoms with E-state index in [0.717, 1.165) is 94.8 Å². The van der Waals surface area contributed by atoms with Gasteiger partial charge in [0.05, 0.1) is 45.0 Å². The Hall–Kier alpha value is -3.60. The summed E-state index contributed by atoms with van der Waals surface area (Å²) in [6.45, 7) is 5.95. The fraction of sp³-hybridized carbons (Fsp3) is 0.345. The molecule has 1 amide bonds. The lowest BCUT2D eigenvalue weighted by molar-refractivity contribution is -0.114. The molecule has 1 fully saturated rings. The van der Waals surface area contributed by atoms with Crippen LogP contribution in [0.1, 0.15) is 36.7 Å². The molecule has 0 bridgehead atoms. The molecule has 9 nitrogen and oxygen atoms in total. The van der Waals surface area contributed by atoms with Gasteiger partial charge in [-0.2, -0.15) is 5.10 Å². The van der Waals surface area contributed by atoms with Gasteiger partial charge in [0.2, 0.25) is 5.91 Å². The van der Waals surface area contributed by atoms with Gasteiger partial charge in [-0.05, 0) is 56.5 Å². The second kappa shape index (κ2) is 11.1. The van der Waals surface area contributed by atoms with Gasteiger partial charge in [0.15, 0.2) is 5.13 Å². The fourth-order valence-corrected chi connectivity index (χ4v) is 6.63. The second-order valence-electron chi connectivity index (χ2n) is 10.00. The van der Waals surface area contributed by atoms with E-state index >= 15 is 0 Å². The average molecular weight is 576 g/mol. The Morgan fingerprint density at radius 1 is 1.23 bits per heavy atom. The molecule has 0 atom stereocenters. The lowest BCUT2D eigenvalue weighted by Gasteiger charge is -2.18. The predicted molar refractivity (Wildman–Crippen MR) is 159 cm³/mol. The molecule has 3 aromatic heterocycles. The molecule has 2 aliphatic rings. The van der Waals surface area contributed by atoms with Gasteiger partial charge in [-0.25, -0.2) is 14.7 Å². The smallest absolute Gasteiger partial charge is 0.223 e. The first kappa shape index (κ1) is 26.6. The molecule has 6 rings (SSSR count). The maximum absolute atomic E-state index is 11.7. The van der Waals surface area contributed by atoms with Gasteiger partial charge in [-0.1, -0.05) is 22.9 Å². The number of aliphatic imine (C=N–C) groups is 1. The van der Waals surface area contributed by atoms with Gasteiger partial charge in [0, 0.05) is 56.6 Å². The molecule has 1 aliphatic carbocycles. The van der Waals surface area contributed by atoms with Crippen LogP contribution in [0.15, 0.2) is 41.5 Å². The topological polar surface area (TPSA) is 97.5 Å². The summed E-state index contributed by atoms with van der Waals surface area (Å²) in [5, 5.41) is 9.08. The fourth-order valence-electron chi connectivity index (χ4n) is 5.26. The molecule has 1 N–H and O–H groups in total. The highest BCUT2D eigenvalue weighted by Gasteiger charge is 2.30. The number of amides is 1. The molecule has 40 heavy (non-hydrogen) atoms. The van der Waals surface area contributed by atoms with E-state index in [9.17, 15) is 4.79 Å². The monoisotopic (exact) mass is 575 g/mol. The first-order valence-corrected chi connectivity index (χ1v) is 14.5. The maximum atomic E-state index is 11.7. The largest absolute Gasteiger partial charge is 0.383 e. The van der Waals surface area contributed by atoms with Gasteiger partial charge >= 0.3 is 0 Å². The van der Waals surface area contributed by atoms with Crippen LogP contribution < -0.4 is 5.32 Å². The minimum Gasteiger partial charge on any atom is -0.383 e. The number of hydrogen-bond donors (Lipinski definition) is 1. The highest BCUT2D eigenvalue weighted by Crippen LogP contribution is 2.45. The third-order valence-corrected chi connectivity index (χ3v) is 8.47. The van der Waals surface area contributed by atoms with Crippen LogP contribution in [0.3, 0.4) is 0 Å². The van der Waals surface area contributed by atoms with E-state index in [-0.39, 0.29) is 5.91 Å². The number of carbonyl (C=O) groups is 1. The summed E-state index contributed by atoms with van der Waals surface area (Å²) in [5.41, 5.74) is 7.37. The Morgan fingerprint density at radius 2 is 2.10 bits per heavy atom. The van der Waals surface area contributed by atoms with E-state index in [1.54, 1.807) is 7.11 Å². The van der Waals surface area contributed by atoms with Crippen LogP contribution in [0.5, 0.6) is 0 Å². The number of amidine groups is 1. The molecule has 4 aromatic rings. The van der Waals surface area contributed by atoms with Crippen molar-refractivity contribution in [2.75, 3.05) is 32.1 Å². The van der Waals surface area contributed by atoms with Crippen molar-refractivity contribution in [3.63, 3.8) is 0 Å². The van der Waals surface area contributed by atoms with E-state index in [0.29, 0.717) is 16.8 Å². The zero-order valence-electron chi connectivity index (χ0n) is 22.7. The molecule has 0 spiro atoms. The number of aromatic nitrogens is 4. The molecule has 4 heterocycles. The highest BCUT2D eigenvalue weighted by molar-refractivity contribution is 7.19. The standard InChI is InChI=1S/C29H30ClN7O2S/c1-17-6-7-19(16-31-17)26-21-9-10-23-28(40-29(34-23)32-18(2)38)27(21)37(35-26)24-11-8-20(15-22(24)30)33-25-5-4-12-36(25)13-14-39-3/h6-8,11,15-16H,4-5,9-10,12-14H2,1-3H3,(H,32,34,38). The normalized spacial score (nSPS) is 15.4.